The zero-order valence-corrected chi connectivity index (χ0v) is 11.2. The Hall–Kier alpha value is -1.06. The van der Waals surface area contributed by atoms with Gasteiger partial charge in [-0.1, -0.05) is 25.0 Å². The number of rotatable bonds is 6. The maximum absolute atomic E-state index is 9.25. The molecule has 1 saturated carbocycles. The molecule has 0 aromatic heterocycles. The Balaban J connectivity index is 2.09. The van der Waals surface area contributed by atoms with Crippen LogP contribution in [0.3, 0.4) is 0 Å². The first-order chi connectivity index (χ1) is 8.85. The Morgan fingerprint density at radius 3 is 2.44 bits per heavy atom. The molecule has 0 aliphatic heterocycles. The van der Waals surface area contributed by atoms with Crippen LogP contribution < -0.4 is 10.2 Å². The fourth-order valence-corrected chi connectivity index (χ4v) is 2.86. The highest BCUT2D eigenvalue weighted by atomic mass is 16.3. The quantitative estimate of drug-likeness (QED) is 0.809. The lowest BCUT2D eigenvalue weighted by molar-refractivity contribution is 0.297. The Labute approximate surface area is 110 Å². The average molecular weight is 248 g/mol. The molecule has 0 spiro atoms. The minimum atomic E-state index is 0.231. The van der Waals surface area contributed by atoms with E-state index in [9.17, 15) is 5.11 Å². The number of nitrogens with zero attached hydrogens (tertiary/aromatic N) is 1. The number of nitrogens with one attached hydrogen (secondary N) is 1. The average Bonchev–Trinajstić information content (AvgIpc) is 2.91. The first-order valence-corrected chi connectivity index (χ1v) is 6.96. The van der Waals surface area contributed by atoms with Crippen LogP contribution in [0.25, 0.3) is 0 Å². The number of benzene rings is 1. The molecule has 1 aromatic carbocycles. The third-order valence-electron chi connectivity index (χ3n) is 3.76. The molecule has 0 unspecified atom stereocenters. The van der Waals surface area contributed by atoms with E-state index in [1.54, 1.807) is 0 Å². The molecule has 2 N–H and O–H groups in total. The summed E-state index contributed by atoms with van der Waals surface area (Å²) >= 11 is 0. The summed E-state index contributed by atoms with van der Waals surface area (Å²) in [6, 6.07) is 9.32. The molecule has 1 aliphatic rings. The van der Waals surface area contributed by atoms with Gasteiger partial charge >= 0.3 is 0 Å². The van der Waals surface area contributed by atoms with E-state index >= 15 is 0 Å². The summed E-state index contributed by atoms with van der Waals surface area (Å²) in [5, 5.41) is 12.4. The van der Waals surface area contributed by atoms with Gasteiger partial charge < -0.3 is 15.3 Å². The van der Waals surface area contributed by atoms with Crippen LogP contribution in [0.5, 0.6) is 0 Å². The van der Waals surface area contributed by atoms with Crippen LogP contribution in [-0.2, 0) is 6.54 Å². The molecule has 0 radical (unpaired) electrons. The van der Waals surface area contributed by atoms with Gasteiger partial charge in [0.1, 0.15) is 0 Å². The predicted octanol–water partition coefficient (Wildman–Crippen LogP) is 2.15. The van der Waals surface area contributed by atoms with Crippen molar-refractivity contribution < 1.29 is 5.11 Å². The van der Waals surface area contributed by atoms with Gasteiger partial charge in [-0.3, -0.25) is 0 Å². The van der Waals surface area contributed by atoms with Crippen molar-refractivity contribution in [3.8, 4) is 0 Å². The number of aliphatic hydroxyl groups excluding tert-OH is 1. The molecule has 0 heterocycles. The van der Waals surface area contributed by atoms with Gasteiger partial charge in [-0.25, -0.2) is 0 Å². The highest BCUT2D eigenvalue weighted by Gasteiger charge is 2.22. The van der Waals surface area contributed by atoms with Crippen molar-refractivity contribution in [3.63, 3.8) is 0 Å². The fraction of sp³-hybridized carbons (Fsp3) is 0.600. The molecule has 0 bridgehead atoms. The Bertz CT molecular complexity index is 344. The molecule has 3 nitrogen and oxygen atoms in total. The second-order valence-electron chi connectivity index (χ2n) is 5.05. The Kier molecular flexibility index (Phi) is 5.02. The van der Waals surface area contributed by atoms with Gasteiger partial charge in [0.15, 0.2) is 0 Å². The van der Waals surface area contributed by atoms with Crippen LogP contribution in [0.2, 0.25) is 0 Å². The minimum absolute atomic E-state index is 0.231. The maximum Gasteiger partial charge on any atom is 0.0606 e. The van der Waals surface area contributed by atoms with Gasteiger partial charge in [0, 0.05) is 24.8 Å². The van der Waals surface area contributed by atoms with Crippen molar-refractivity contribution in [1.29, 1.82) is 0 Å². The first kappa shape index (κ1) is 13.4. The Morgan fingerprint density at radius 2 is 1.89 bits per heavy atom. The third kappa shape index (κ3) is 3.24. The number of anilines is 1. The lowest BCUT2D eigenvalue weighted by atomic mass is 10.1. The molecule has 0 atom stereocenters. The summed E-state index contributed by atoms with van der Waals surface area (Å²) < 4.78 is 0. The smallest absolute Gasteiger partial charge is 0.0606 e. The number of aliphatic hydroxyl groups is 1. The number of hydrogen-bond donors (Lipinski definition) is 2. The highest BCUT2D eigenvalue weighted by molar-refractivity contribution is 5.48. The summed E-state index contributed by atoms with van der Waals surface area (Å²) in [5.41, 5.74) is 2.55. The van der Waals surface area contributed by atoms with E-state index < -0.39 is 0 Å². The molecular weight excluding hydrogens is 224 g/mol. The first-order valence-electron chi connectivity index (χ1n) is 6.96. The normalized spacial score (nSPS) is 16.1. The van der Waals surface area contributed by atoms with Crippen LogP contribution in [0, 0.1) is 0 Å². The van der Waals surface area contributed by atoms with Gasteiger partial charge in [-0.15, -0.1) is 0 Å². The summed E-state index contributed by atoms with van der Waals surface area (Å²) in [6.45, 7) is 1.88. The summed E-state index contributed by atoms with van der Waals surface area (Å²) in [6.07, 6.45) is 5.17. The fourth-order valence-electron chi connectivity index (χ4n) is 2.86. The highest BCUT2D eigenvalue weighted by Crippen LogP contribution is 2.28. The van der Waals surface area contributed by atoms with Crippen molar-refractivity contribution in [3.05, 3.63) is 29.8 Å². The lowest BCUT2D eigenvalue weighted by Gasteiger charge is -2.30. The van der Waals surface area contributed by atoms with Crippen molar-refractivity contribution in [2.45, 2.75) is 38.3 Å². The largest absolute Gasteiger partial charge is 0.395 e. The van der Waals surface area contributed by atoms with E-state index in [0.717, 1.165) is 13.1 Å². The Morgan fingerprint density at radius 1 is 1.22 bits per heavy atom. The summed E-state index contributed by atoms with van der Waals surface area (Å²) in [7, 11) is 1.96. The van der Waals surface area contributed by atoms with E-state index in [0.29, 0.717) is 6.04 Å². The van der Waals surface area contributed by atoms with E-state index in [-0.39, 0.29) is 6.61 Å². The van der Waals surface area contributed by atoms with Gasteiger partial charge in [0.25, 0.3) is 0 Å². The number of hydrogen-bond acceptors (Lipinski definition) is 3. The standard InChI is InChI=1S/C15H24N2O/c1-16-12-13-6-8-15(9-7-13)17(10-11-18)14-4-2-3-5-14/h6-9,14,16,18H,2-5,10-12H2,1H3. The molecule has 18 heavy (non-hydrogen) atoms. The second kappa shape index (κ2) is 6.76. The molecule has 1 aromatic rings. The molecule has 0 saturated heterocycles. The zero-order valence-electron chi connectivity index (χ0n) is 11.2. The molecule has 2 rings (SSSR count). The van der Waals surface area contributed by atoms with Crippen molar-refractivity contribution in [1.82, 2.24) is 5.32 Å². The van der Waals surface area contributed by atoms with Crippen molar-refractivity contribution in [2.24, 2.45) is 0 Å². The lowest BCUT2D eigenvalue weighted by Crippen LogP contribution is -2.35. The van der Waals surface area contributed by atoms with E-state index in [1.165, 1.54) is 36.9 Å². The summed E-state index contributed by atoms with van der Waals surface area (Å²) in [4.78, 5) is 2.37. The molecule has 3 heteroatoms. The molecular formula is C15H24N2O. The van der Waals surface area contributed by atoms with Gasteiger partial charge in [0.05, 0.1) is 6.61 Å². The molecule has 1 fully saturated rings. The zero-order chi connectivity index (χ0) is 12.8. The third-order valence-corrected chi connectivity index (χ3v) is 3.76. The SMILES string of the molecule is CNCc1ccc(N(CCO)C2CCCC2)cc1. The van der Waals surface area contributed by atoms with Crippen LogP contribution in [0.4, 0.5) is 5.69 Å². The summed E-state index contributed by atoms with van der Waals surface area (Å²) in [5.74, 6) is 0. The van der Waals surface area contributed by atoms with Crippen LogP contribution in [0.15, 0.2) is 24.3 Å². The van der Waals surface area contributed by atoms with Crippen LogP contribution >= 0.6 is 0 Å². The van der Waals surface area contributed by atoms with Gasteiger partial charge in [-0.05, 0) is 37.6 Å². The van der Waals surface area contributed by atoms with Crippen LogP contribution in [0.1, 0.15) is 31.2 Å². The van der Waals surface area contributed by atoms with Gasteiger partial charge in [0.2, 0.25) is 0 Å². The van der Waals surface area contributed by atoms with Crippen LogP contribution in [-0.4, -0.2) is 31.3 Å². The molecule has 100 valence electrons. The topological polar surface area (TPSA) is 35.5 Å². The predicted molar refractivity (Wildman–Crippen MR) is 75.9 cm³/mol. The maximum atomic E-state index is 9.25. The second-order valence-corrected chi connectivity index (χ2v) is 5.05. The molecule has 1 aliphatic carbocycles. The minimum Gasteiger partial charge on any atom is -0.395 e. The molecule has 0 amide bonds. The van der Waals surface area contributed by atoms with Gasteiger partial charge in [-0.2, -0.15) is 0 Å². The van der Waals surface area contributed by atoms with Crippen molar-refractivity contribution in [2.75, 3.05) is 25.1 Å². The van der Waals surface area contributed by atoms with Crippen molar-refractivity contribution >= 4 is 5.69 Å². The van der Waals surface area contributed by atoms with E-state index in [1.807, 2.05) is 7.05 Å². The van der Waals surface area contributed by atoms with E-state index in [2.05, 4.69) is 34.5 Å². The van der Waals surface area contributed by atoms with E-state index in [4.69, 9.17) is 0 Å². The monoisotopic (exact) mass is 248 g/mol.